The Hall–Kier alpha value is -0.260. The van der Waals surface area contributed by atoms with Gasteiger partial charge in [0.05, 0.1) is 6.04 Å². The molecule has 1 amide bonds. The van der Waals surface area contributed by atoms with Gasteiger partial charge in [0.2, 0.25) is 5.91 Å². The Labute approximate surface area is 108 Å². The molecule has 0 aromatic heterocycles. The Bertz CT molecular complexity index is 260. The van der Waals surface area contributed by atoms with Gasteiger partial charge in [0, 0.05) is 25.2 Å². The second-order valence-corrected chi connectivity index (χ2v) is 6.27. The van der Waals surface area contributed by atoms with Crippen molar-refractivity contribution in [2.45, 2.75) is 18.9 Å². The Kier molecular flexibility index (Phi) is 4.70. The van der Waals surface area contributed by atoms with Gasteiger partial charge in [-0.25, -0.2) is 0 Å². The molecule has 0 spiro atoms. The number of likely N-dealkylation sites (N-methyl/N-ethyl adjacent to an activating group) is 1. The van der Waals surface area contributed by atoms with E-state index in [1.165, 1.54) is 25.9 Å². The fraction of sp³-hybridized carbons (Fsp3) is 0.917. The van der Waals surface area contributed by atoms with Crippen molar-refractivity contribution in [3.05, 3.63) is 0 Å². The lowest BCUT2D eigenvalue weighted by atomic mass is 9.96. The predicted molar refractivity (Wildman–Crippen MR) is 72.1 cm³/mol. The van der Waals surface area contributed by atoms with Crippen molar-refractivity contribution in [1.29, 1.82) is 0 Å². The van der Waals surface area contributed by atoms with Crippen LogP contribution >= 0.6 is 11.8 Å². The van der Waals surface area contributed by atoms with Crippen LogP contribution in [0.2, 0.25) is 0 Å². The van der Waals surface area contributed by atoms with Crippen LogP contribution in [0, 0.1) is 5.92 Å². The number of rotatable bonds is 3. The normalized spacial score (nSPS) is 27.3. The first-order valence-electron chi connectivity index (χ1n) is 6.41. The van der Waals surface area contributed by atoms with Crippen LogP contribution in [0.4, 0.5) is 0 Å². The molecule has 0 saturated carbocycles. The lowest BCUT2D eigenvalue weighted by Gasteiger charge is -2.32. The number of thioether (sulfide) groups is 1. The average Bonchev–Trinajstić information content (AvgIpc) is 2.84. The van der Waals surface area contributed by atoms with E-state index in [1.807, 2.05) is 23.7 Å². The number of hydrogen-bond acceptors (Lipinski definition) is 4. The highest BCUT2D eigenvalue weighted by Gasteiger charge is 2.27. The van der Waals surface area contributed by atoms with Gasteiger partial charge in [0.25, 0.3) is 0 Å². The minimum atomic E-state index is 0.0521. The SMILES string of the molecule is CN1CCC(CN(C)C(=O)C2CSCN2)CC1. The third-order valence-corrected chi connectivity index (χ3v) is 4.70. The summed E-state index contributed by atoms with van der Waals surface area (Å²) in [6.07, 6.45) is 2.45. The third kappa shape index (κ3) is 3.60. The lowest BCUT2D eigenvalue weighted by molar-refractivity contribution is -0.132. The van der Waals surface area contributed by atoms with Gasteiger partial charge >= 0.3 is 0 Å². The molecule has 1 unspecified atom stereocenters. The van der Waals surface area contributed by atoms with Crippen LogP contribution in [0.1, 0.15) is 12.8 Å². The highest BCUT2D eigenvalue weighted by Crippen LogP contribution is 2.18. The predicted octanol–water partition coefficient (Wildman–Crippen LogP) is 0.449. The summed E-state index contributed by atoms with van der Waals surface area (Å²) in [7, 11) is 4.12. The number of carbonyl (C=O) groups excluding carboxylic acids is 1. The van der Waals surface area contributed by atoms with Crippen molar-refractivity contribution in [3.63, 3.8) is 0 Å². The summed E-state index contributed by atoms with van der Waals surface area (Å²) in [6, 6.07) is 0.0521. The van der Waals surface area contributed by atoms with Crippen molar-refractivity contribution in [2.24, 2.45) is 5.92 Å². The van der Waals surface area contributed by atoms with E-state index in [-0.39, 0.29) is 11.9 Å². The molecule has 2 aliphatic heterocycles. The van der Waals surface area contributed by atoms with E-state index in [2.05, 4.69) is 17.3 Å². The van der Waals surface area contributed by atoms with E-state index in [4.69, 9.17) is 0 Å². The largest absolute Gasteiger partial charge is 0.344 e. The average molecular weight is 257 g/mol. The van der Waals surface area contributed by atoms with Crippen molar-refractivity contribution in [1.82, 2.24) is 15.1 Å². The van der Waals surface area contributed by atoms with E-state index in [1.54, 1.807) is 0 Å². The fourth-order valence-corrected chi connectivity index (χ4v) is 3.47. The van der Waals surface area contributed by atoms with Gasteiger partial charge in [0.15, 0.2) is 0 Å². The van der Waals surface area contributed by atoms with Crippen LogP contribution in [0.25, 0.3) is 0 Å². The van der Waals surface area contributed by atoms with E-state index >= 15 is 0 Å². The maximum absolute atomic E-state index is 12.1. The summed E-state index contributed by atoms with van der Waals surface area (Å²) in [4.78, 5) is 16.4. The second kappa shape index (κ2) is 6.07. The van der Waals surface area contributed by atoms with Gasteiger partial charge in [-0.2, -0.15) is 0 Å². The molecular formula is C12H23N3OS. The molecule has 2 aliphatic rings. The van der Waals surface area contributed by atoms with Gasteiger partial charge in [-0.1, -0.05) is 0 Å². The fourth-order valence-electron chi connectivity index (χ4n) is 2.54. The summed E-state index contributed by atoms with van der Waals surface area (Å²) < 4.78 is 0. The molecule has 1 atom stereocenters. The maximum atomic E-state index is 12.1. The quantitative estimate of drug-likeness (QED) is 0.796. The Balaban J connectivity index is 1.76. The zero-order valence-corrected chi connectivity index (χ0v) is 11.6. The van der Waals surface area contributed by atoms with Crippen molar-refractivity contribution in [2.75, 3.05) is 45.4 Å². The summed E-state index contributed by atoms with van der Waals surface area (Å²) in [5, 5.41) is 3.25. The van der Waals surface area contributed by atoms with Crippen LogP contribution < -0.4 is 5.32 Å². The van der Waals surface area contributed by atoms with Crippen LogP contribution in [-0.2, 0) is 4.79 Å². The zero-order chi connectivity index (χ0) is 12.3. The summed E-state index contributed by atoms with van der Waals surface area (Å²) in [5.41, 5.74) is 0. The molecule has 2 fully saturated rings. The van der Waals surface area contributed by atoms with Crippen molar-refractivity contribution >= 4 is 17.7 Å². The van der Waals surface area contributed by atoms with Crippen LogP contribution in [0.5, 0.6) is 0 Å². The van der Waals surface area contributed by atoms with Crippen LogP contribution in [0.15, 0.2) is 0 Å². The van der Waals surface area contributed by atoms with Gasteiger partial charge in [0.1, 0.15) is 0 Å². The standard InChI is InChI=1S/C12H23N3OS/c1-14-5-3-10(4-6-14)7-15(2)12(16)11-8-17-9-13-11/h10-11,13H,3-9H2,1-2H3. The molecule has 1 N–H and O–H groups in total. The van der Waals surface area contributed by atoms with E-state index < -0.39 is 0 Å². The molecule has 0 radical (unpaired) electrons. The number of nitrogens with zero attached hydrogens (tertiary/aromatic N) is 2. The lowest BCUT2D eigenvalue weighted by Crippen LogP contribution is -2.45. The van der Waals surface area contributed by atoms with E-state index in [0.717, 1.165) is 18.2 Å². The minimum Gasteiger partial charge on any atom is -0.344 e. The highest BCUT2D eigenvalue weighted by atomic mass is 32.2. The monoisotopic (exact) mass is 257 g/mol. The molecule has 98 valence electrons. The Morgan fingerprint density at radius 2 is 2.18 bits per heavy atom. The molecule has 2 saturated heterocycles. The number of nitrogens with one attached hydrogen (secondary N) is 1. The number of hydrogen-bond donors (Lipinski definition) is 1. The van der Waals surface area contributed by atoms with Crippen molar-refractivity contribution in [3.8, 4) is 0 Å². The van der Waals surface area contributed by atoms with Gasteiger partial charge in [-0.05, 0) is 38.9 Å². The topological polar surface area (TPSA) is 35.6 Å². The van der Waals surface area contributed by atoms with Crippen molar-refractivity contribution < 1.29 is 4.79 Å². The maximum Gasteiger partial charge on any atom is 0.240 e. The molecule has 0 aromatic rings. The molecule has 0 aliphatic carbocycles. The molecule has 17 heavy (non-hydrogen) atoms. The van der Waals surface area contributed by atoms with Crippen LogP contribution in [-0.4, -0.2) is 67.1 Å². The summed E-state index contributed by atoms with van der Waals surface area (Å²) in [5.74, 6) is 2.80. The number of piperidine rings is 1. The van der Waals surface area contributed by atoms with Gasteiger partial charge < -0.3 is 9.80 Å². The Morgan fingerprint density at radius 3 is 2.76 bits per heavy atom. The van der Waals surface area contributed by atoms with E-state index in [0.29, 0.717) is 5.92 Å². The molecule has 0 aromatic carbocycles. The number of amides is 1. The summed E-state index contributed by atoms with van der Waals surface area (Å²) >= 11 is 1.81. The number of carbonyl (C=O) groups is 1. The van der Waals surface area contributed by atoms with Gasteiger partial charge in [-0.3, -0.25) is 10.1 Å². The van der Waals surface area contributed by atoms with Gasteiger partial charge in [-0.15, -0.1) is 11.8 Å². The first-order valence-corrected chi connectivity index (χ1v) is 7.57. The highest BCUT2D eigenvalue weighted by molar-refractivity contribution is 7.99. The van der Waals surface area contributed by atoms with E-state index in [9.17, 15) is 4.79 Å². The molecule has 2 heterocycles. The van der Waals surface area contributed by atoms with Crippen LogP contribution in [0.3, 0.4) is 0 Å². The Morgan fingerprint density at radius 1 is 1.47 bits per heavy atom. The molecule has 2 rings (SSSR count). The third-order valence-electron chi connectivity index (χ3n) is 3.76. The molecule has 5 heteroatoms. The first-order chi connectivity index (χ1) is 8.16. The smallest absolute Gasteiger partial charge is 0.240 e. The zero-order valence-electron chi connectivity index (χ0n) is 10.8. The first kappa shape index (κ1) is 13.2. The summed E-state index contributed by atoms with van der Waals surface area (Å²) in [6.45, 7) is 3.27. The molecular weight excluding hydrogens is 234 g/mol. The molecule has 0 bridgehead atoms. The minimum absolute atomic E-state index is 0.0521. The molecule has 4 nitrogen and oxygen atoms in total. The number of likely N-dealkylation sites (tertiary alicyclic amines) is 1. The second-order valence-electron chi connectivity index (χ2n) is 5.24.